The van der Waals surface area contributed by atoms with E-state index in [1.165, 1.54) is 32.1 Å². The molecule has 2 saturated carbocycles. The van der Waals surface area contributed by atoms with Crippen molar-refractivity contribution in [2.45, 2.75) is 70.8 Å². The zero-order valence-electron chi connectivity index (χ0n) is 10.7. The van der Waals surface area contributed by atoms with Crippen molar-refractivity contribution in [3.05, 3.63) is 0 Å². The molecule has 0 radical (unpaired) electrons. The van der Waals surface area contributed by atoms with Crippen LogP contribution in [0.1, 0.15) is 64.7 Å². The molecule has 2 nitrogen and oxygen atoms in total. The summed E-state index contributed by atoms with van der Waals surface area (Å²) in [4.78, 5) is 0. The van der Waals surface area contributed by atoms with E-state index in [1.807, 2.05) is 0 Å². The van der Waals surface area contributed by atoms with Gasteiger partial charge in [-0.25, -0.2) is 0 Å². The van der Waals surface area contributed by atoms with Crippen LogP contribution in [-0.4, -0.2) is 17.8 Å². The Morgan fingerprint density at radius 1 is 1.06 bits per heavy atom. The molecule has 0 aromatic rings. The van der Waals surface area contributed by atoms with E-state index in [0.717, 1.165) is 32.2 Å². The van der Waals surface area contributed by atoms with Gasteiger partial charge in [0.25, 0.3) is 0 Å². The molecule has 0 aromatic carbocycles. The van der Waals surface area contributed by atoms with Crippen LogP contribution in [0.5, 0.6) is 0 Å². The lowest BCUT2D eigenvalue weighted by Crippen LogP contribution is -2.49. The van der Waals surface area contributed by atoms with Gasteiger partial charge < -0.3 is 10.8 Å². The van der Waals surface area contributed by atoms with Gasteiger partial charge in [0.2, 0.25) is 0 Å². The molecule has 0 spiro atoms. The average Bonchev–Trinajstić information content (AvgIpc) is 2.31. The van der Waals surface area contributed by atoms with Crippen molar-refractivity contribution in [2.75, 3.05) is 6.54 Å². The topological polar surface area (TPSA) is 46.2 Å². The van der Waals surface area contributed by atoms with Crippen LogP contribution < -0.4 is 5.73 Å². The number of hydrogen-bond acceptors (Lipinski definition) is 2. The number of hydrogen-bond donors (Lipinski definition) is 2. The van der Waals surface area contributed by atoms with Crippen LogP contribution in [0.3, 0.4) is 0 Å². The summed E-state index contributed by atoms with van der Waals surface area (Å²) in [6, 6.07) is 0. The summed E-state index contributed by atoms with van der Waals surface area (Å²) in [6.45, 7) is 3.27. The summed E-state index contributed by atoms with van der Waals surface area (Å²) >= 11 is 0. The van der Waals surface area contributed by atoms with E-state index in [9.17, 15) is 5.11 Å². The van der Waals surface area contributed by atoms with E-state index < -0.39 is 0 Å². The largest absolute Gasteiger partial charge is 0.393 e. The lowest BCUT2D eigenvalue weighted by atomic mass is 9.53. The highest BCUT2D eigenvalue weighted by molar-refractivity contribution is 5.00. The van der Waals surface area contributed by atoms with Crippen LogP contribution >= 0.6 is 0 Å². The SMILES string of the molecule is CC1(C2(CN)CCC(O)CC2)CCCCC1. The number of aliphatic hydroxyl groups excluding tert-OH is 1. The van der Waals surface area contributed by atoms with Crippen LogP contribution in [0, 0.1) is 10.8 Å². The Morgan fingerprint density at radius 2 is 1.62 bits per heavy atom. The predicted molar refractivity (Wildman–Crippen MR) is 67.2 cm³/mol. The molecular formula is C14H27NO. The fraction of sp³-hybridized carbons (Fsp3) is 1.00. The third-order valence-electron chi connectivity index (χ3n) is 5.54. The monoisotopic (exact) mass is 225 g/mol. The van der Waals surface area contributed by atoms with E-state index in [4.69, 9.17) is 5.73 Å². The summed E-state index contributed by atoms with van der Waals surface area (Å²) in [6.07, 6.45) is 11.0. The third kappa shape index (κ3) is 2.02. The maximum atomic E-state index is 9.68. The first-order chi connectivity index (χ1) is 7.62. The molecule has 94 valence electrons. The molecular weight excluding hydrogens is 198 g/mol. The maximum absolute atomic E-state index is 9.68. The zero-order valence-corrected chi connectivity index (χ0v) is 10.7. The molecule has 0 aromatic heterocycles. The van der Waals surface area contributed by atoms with Crippen molar-refractivity contribution < 1.29 is 5.11 Å². The van der Waals surface area contributed by atoms with Crippen LogP contribution in [-0.2, 0) is 0 Å². The van der Waals surface area contributed by atoms with E-state index in [1.54, 1.807) is 0 Å². The quantitative estimate of drug-likeness (QED) is 0.759. The second kappa shape index (κ2) is 4.66. The summed E-state index contributed by atoms with van der Waals surface area (Å²) in [5.74, 6) is 0. The van der Waals surface area contributed by atoms with Gasteiger partial charge in [-0.1, -0.05) is 26.2 Å². The lowest BCUT2D eigenvalue weighted by molar-refractivity contribution is -0.0418. The molecule has 2 heteroatoms. The van der Waals surface area contributed by atoms with E-state index in [2.05, 4.69) is 6.92 Å². The molecule has 0 amide bonds. The summed E-state index contributed by atoms with van der Waals surface area (Å²) < 4.78 is 0. The van der Waals surface area contributed by atoms with Gasteiger partial charge >= 0.3 is 0 Å². The second-order valence-electron chi connectivity index (χ2n) is 6.34. The van der Waals surface area contributed by atoms with Gasteiger partial charge in [-0.05, 0) is 55.9 Å². The molecule has 0 unspecified atom stereocenters. The fourth-order valence-corrected chi connectivity index (χ4v) is 4.07. The van der Waals surface area contributed by atoms with Crippen LogP contribution in [0.4, 0.5) is 0 Å². The second-order valence-corrected chi connectivity index (χ2v) is 6.34. The average molecular weight is 225 g/mol. The zero-order chi connectivity index (χ0) is 11.6. The van der Waals surface area contributed by atoms with Crippen molar-refractivity contribution in [1.82, 2.24) is 0 Å². The van der Waals surface area contributed by atoms with Crippen LogP contribution in [0.15, 0.2) is 0 Å². The Labute approximate surface area is 99.6 Å². The van der Waals surface area contributed by atoms with Gasteiger partial charge in [-0.2, -0.15) is 0 Å². The Kier molecular flexibility index (Phi) is 3.60. The first kappa shape index (κ1) is 12.4. The molecule has 16 heavy (non-hydrogen) atoms. The van der Waals surface area contributed by atoms with E-state index in [0.29, 0.717) is 10.8 Å². The van der Waals surface area contributed by atoms with Gasteiger partial charge in [-0.3, -0.25) is 0 Å². The minimum atomic E-state index is -0.0631. The van der Waals surface area contributed by atoms with Crippen molar-refractivity contribution in [3.63, 3.8) is 0 Å². The minimum absolute atomic E-state index is 0.0631. The van der Waals surface area contributed by atoms with Crippen LogP contribution in [0.25, 0.3) is 0 Å². The van der Waals surface area contributed by atoms with Gasteiger partial charge in [-0.15, -0.1) is 0 Å². The molecule has 0 saturated heterocycles. The van der Waals surface area contributed by atoms with E-state index in [-0.39, 0.29) is 6.10 Å². The summed E-state index contributed by atoms with van der Waals surface area (Å²) in [7, 11) is 0. The van der Waals surface area contributed by atoms with E-state index >= 15 is 0 Å². The highest BCUT2D eigenvalue weighted by Gasteiger charge is 2.48. The first-order valence-corrected chi connectivity index (χ1v) is 7.00. The third-order valence-corrected chi connectivity index (χ3v) is 5.54. The number of nitrogens with two attached hydrogens (primary N) is 1. The summed E-state index contributed by atoms with van der Waals surface area (Å²) in [5, 5.41) is 9.68. The Bertz CT molecular complexity index is 225. The smallest absolute Gasteiger partial charge is 0.0540 e. The molecule has 2 fully saturated rings. The Balaban J connectivity index is 2.13. The normalized spacial score (nSPS) is 39.6. The predicted octanol–water partition coefficient (Wildman–Crippen LogP) is 2.84. The van der Waals surface area contributed by atoms with Crippen molar-refractivity contribution in [2.24, 2.45) is 16.6 Å². The standard InChI is InChI=1S/C14H27NO/c1-13(7-3-2-4-8-13)14(11-15)9-5-12(16)6-10-14/h12,16H,2-11,15H2,1H3. The minimum Gasteiger partial charge on any atom is -0.393 e. The van der Waals surface area contributed by atoms with Crippen molar-refractivity contribution in [3.8, 4) is 0 Å². The molecule has 0 aliphatic heterocycles. The van der Waals surface area contributed by atoms with Gasteiger partial charge in [0.05, 0.1) is 6.10 Å². The highest BCUT2D eigenvalue weighted by Crippen LogP contribution is 2.55. The van der Waals surface area contributed by atoms with Gasteiger partial charge in [0, 0.05) is 0 Å². The maximum Gasteiger partial charge on any atom is 0.0540 e. The molecule has 0 atom stereocenters. The Hall–Kier alpha value is -0.0800. The Morgan fingerprint density at radius 3 is 2.12 bits per heavy atom. The van der Waals surface area contributed by atoms with Gasteiger partial charge in [0.1, 0.15) is 0 Å². The van der Waals surface area contributed by atoms with Crippen molar-refractivity contribution in [1.29, 1.82) is 0 Å². The summed E-state index contributed by atoms with van der Waals surface area (Å²) in [5.41, 5.74) is 6.89. The molecule has 2 aliphatic rings. The first-order valence-electron chi connectivity index (χ1n) is 7.00. The number of rotatable bonds is 2. The number of aliphatic hydroxyl groups is 1. The fourth-order valence-electron chi connectivity index (χ4n) is 4.07. The molecule has 3 N–H and O–H groups in total. The molecule has 2 aliphatic carbocycles. The molecule has 2 rings (SSSR count). The van der Waals surface area contributed by atoms with Crippen LogP contribution in [0.2, 0.25) is 0 Å². The van der Waals surface area contributed by atoms with Gasteiger partial charge in [0.15, 0.2) is 0 Å². The molecule has 0 bridgehead atoms. The lowest BCUT2D eigenvalue weighted by Gasteiger charge is -2.53. The van der Waals surface area contributed by atoms with Crippen molar-refractivity contribution >= 4 is 0 Å². The molecule has 0 heterocycles. The highest BCUT2D eigenvalue weighted by atomic mass is 16.3.